The molecule has 78 valence electrons. The highest BCUT2D eigenvalue weighted by molar-refractivity contribution is 7.10. The van der Waals surface area contributed by atoms with Gasteiger partial charge in [0.1, 0.15) is 6.10 Å². The van der Waals surface area contributed by atoms with Gasteiger partial charge >= 0.3 is 0 Å². The summed E-state index contributed by atoms with van der Waals surface area (Å²) in [6, 6.07) is 4.29. The van der Waals surface area contributed by atoms with Crippen molar-refractivity contribution in [2.75, 3.05) is 6.54 Å². The quantitative estimate of drug-likeness (QED) is 0.708. The average molecular weight is 211 g/mol. The second kappa shape index (κ2) is 5.96. The Morgan fingerprint density at radius 2 is 2.50 bits per heavy atom. The number of aliphatic hydroxyl groups excluding tert-OH is 1. The van der Waals surface area contributed by atoms with Crippen LogP contribution in [0.25, 0.3) is 0 Å². The first-order chi connectivity index (χ1) is 6.74. The first kappa shape index (κ1) is 11.4. The summed E-state index contributed by atoms with van der Waals surface area (Å²) < 4.78 is 0. The molecule has 0 fully saturated rings. The van der Waals surface area contributed by atoms with Gasteiger partial charge in [-0.3, -0.25) is 0 Å². The molecule has 0 aliphatic rings. The summed E-state index contributed by atoms with van der Waals surface area (Å²) >= 11 is 1.59. The summed E-state index contributed by atoms with van der Waals surface area (Å²) in [6.45, 7) is 6.37. The van der Waals surface area contributed by atoms with Crippen LogP contribution in [0, 0.1) is 0 Å². The van der Waals surface area contributed by atoms with Crippen molar-refractivity contribution < 1.29 is 5.11 Å². The third-order valence-electron chi connectivity index (χ3n) is 2.05. The second-order valence-corrected chi connectivity index (χ2v) is 4.34. The lowest BCUT2D eigenvalue weighted by molar-refractivity contribution is 0.174. The molecular weight excluding hydrogens is 194 g/mol. The van der Waals surface area contributed by atoms with Crippen molar-refractivity contribution >= 4 is 11.3 Å². The molecule has 0 saturated carbocycles. The molecule has 2 atom stereocenters. The van der Waals surface area contributed by atoms with E-state index >= 15 is 0 Å². The van der Waals surface area contributed by atoms with Crippen LogP contribution in [-0.2, 0) is 0 Å². The van der Waals surface area contributed by atoms with Gasteiger partial charge in [-0.25, -0.2) is 0 Å². The standard InChI is InChI=1S/C11H17NOS/c1-3-5-9(2)12-8-10(13)11-6-4-7-14-11/h3-4,6-7,9-10,12-13H,1,5,8H2,2H3. The van der Waals surface area contributed by atoms with Crippen molar-refractivity contribution in [1.82, 2.24) is 5.32 Å². The molecular formula is C11H17NOS. The predicted molar refractivity (Wildman–Crippen MR) is 61.6 cm³/mol. The number of rotatable bonds is 6. The number of hydrogen-bond acceptors (Lipinski definition) is 3. The van der Waals surface area contributed by atoms with Gasteiger partial charge in [-0.15, -0.1) is 17.9 Å². The molecule has 0 aliphatic heterocycles. The van der Waals surface area contributed by atoms with E-state index in [9.17, 15) is 5.11 Å². The third kappa shape index (κ3) is 3.62. The molecule has 2 nitrogen and oxygen atoms in total. The molecule has 1 aromatic rings. The van der Waals surface area contributed by atoms with E-state index < -0.39 is 0 Å². The van der Waals surface area contributed by atoms with Crippen LogP contribution >= 0.6 is 11.3 Å². The van der Waals surface area contributed by atoms with Gasteiger partial charge in [-0.05, 0) is 24.8 Å². The van der Waals surface area contributed by atoms with Gasteiger partial charge in [0.2, 0.25) is 0 Å². The number of hydrogen-bond donors (Lipinski definition) is 2. The predicted octanol–water partition coefficient (Wildman–Crippen LogP) is 2.34. The van der Waals surface area contributed by atoms with Crippen LogP contribution in [0.4, 0.5) is 0 Å². The number of aliphatic hydroxyl groups is 1. The maximum absolute atomic E-state index is 9.75. The lowest BCUT2D eigenvalue weighted by Crippen LogP contribution is -2.29. The minimum atomic E-state index is -0.387. The molecule has 1 rings (SSSR count). The fourth-order valence-corrected chi connectivity index (χ4v) is 1.94. The lowest BCUT2D eigenvalue weighted by Gasteiger charge is -2.14. The molecule has 1 heterocycles. The van der Waals surface area contributed by atoms with Gasteiger partial charge in [-0.1, -0.05) is 12.1 Å². The number of thiophene rings is 1. The Balaban J connectivity index is 2.28. The Bertz CT molecular complexity index is 258. The van der Waals surface area contributed by atoms with Gasteiger partial charge in [0.15, 0.2) is 0 Å². The van der Waals surface area contributed by atoms with E-state index in [-0.39, 0.29) is 6.10 Å². The molecule has 1 aromatic heterocycles. The highest BCUT2D eigenvalue weighted by atomic mass is 32.1. The molecule has 0 bridgehead atoms. The average Bonchev–Trinajstić information content (AvgIpc) is 2.67. The minimum Gasteiger partial charge on any atom is -0.386 e. The van der Waals surface area contributed by atoms with Gasteiger partial charge in [0.05, 0.1) is 0 Å². The lowest BCUT2D eigenvalue weighted by atomic mass is 10.2. The van der Waals surface area contributed by atoms with Gasteiger partial charge < -0.3 is 10.4 Å². The summed E-state index contributed by atoms with van der Waals surface area (Å²) in [4.78, 5) is 1.02. The van der Waals surface area contributed by atoms with Gasteiger partial charge in [0.25, 0.3) is 0 Å². The molecule has 0 spiro atoms. The normalized spacial score (nSPS) is 15.0. The van der Waals surface area contributed by atoms with Crippen molar-refractivity contribution in [3.05, 3.63) is 35.0 Å². The smallest absolute Gasteiger partial charge is 0.101 e. The van der Waals surface area contributed by atoms with Crippen LogP contribution in [0.15, 0.2) is 30.2 Å². The Hall–Kier alpha value is -0.640. The maximum atomic E-state index is 9.75. The Kier molecular flexibility index (Phi) is 4.87. The zero-order chi connectivity index (χ0) is 10.4. The van der Waals surface area contributed by atoms with E-state index in [4.69, 9.17) is 0 Å². The molecule has 0 saturated heterocycles. The summed E-state index contributed by atoms with van der Waals surface area (Å²) in [6.07, 6.45) is 2.43. The highest BCUT2D eigenvalue weighted by Crippen LogP contribution is 2.17. The van der Waals surface area contributed by atoms with Crippen LogP contribution in [0.2, 0.25) is 0 Å². The van der Waals surface area contributed by atoms with Gasteiger partial charge in [0, 0.05) is 17.5 Å². The SMILES string of the molecule is C=CCC(C)NCC(O)c1cccs1. The zero-order valence-corrected chi connectivity index (χ0v) is 9.26. The van der Waals surface area contributed by atoms with Crippen LogP contribution in [0.3, 0.4) is 0 Å². The van der Waals surface area contributed by atoms with Gasteiger partial charge in [-0.2, -0.15) is 0 Å². The summed E-state index contributed by atoms with van der Waals surface area (Å²) in [5.41, 5.74) is 0. The largest absolute Gasteiger partial charge is 0.386 e. The fourth-order valence-electron chi connectivity index (χ4n) is 1.23. The topological polar surface area (TPSA) is 32.3 Å². The van der Waals surface area contributed by atoms with E-state index in [0.717, 1.165) is 11.3 Å². The molecule has 0 aromatic carbocycles. The highest BCUT2D eigenvalue weighted by Gasteiger charge is 2.08. The molecule has 0 radical (unpaired) electrons. The van der Waals surface area contributed by atoms with Crippen LogP contribution in [0.1, 0.15) is 24.3 Å². The van der Waals surface area contributed by atoms with E-state index in [1.54, 1.807) is 11.3 Å². The zero-order valence-electron chi connectivity index (χ0n) is 8.44. The first-order valence-corrected chi connectivity index (χ1v) is 5.67. The Labute approximate surface area is 89.3 Å². The fraction of sp³-hybridized carbons (Fsp3) is 0.455. The number of nitrogens with one attached hydrogen (secondary N) is 1. The van der Waals surface area contributed by atoms with Crippen LogP contribution in [0.5, 0.6) is 0 Å². The van der Waals surface area contributed by atoms with Crippen LogP contribution in [-0.4, -0.2) is 17.7 Å². The van der Waals surface area contributed by atoms with Crippen molar-refractivity contribution in [2.24, 2.45) is 0 Å². The molecule has 2 N–H and O–H groups in total. The summed E-state index contributed by atoms with van der Waals surface area (Å²) in [7, 11) is 0. The molecule has 0 amide bonds. The molecule has 3 heteroatoms. The molecule has 0 aliphatic carbocycles. The third-order valence-corrected chi connectivity index (χ3v) is 3.03. The van der Waals surface area contributed by atoms with Crippen molar-refractivity contribution in [2.45, 2.75) is 25.5 Å². The summed E-state index contributed by atoms with van der Waals surface area (Å²) in [5, 5.41) is 15.0. The molecule has 2 unspecified atom stereocenters. The van der Waals surface area contributed by atoms with Crippen molar-refractivity contribution in [1.29, 1.82) is 0 Å². The monoisotopic (exact) mass is 211 g/mol. The Morgan fingerprint density at radius 3 is 3.07 bits per heavy atom. The second-order valence-electron chi connectivity index (χ2n) is 3.36. The van der Waals surface area contributed by atoms with Crippen LogP contribution < -0.4 is 5.32 Å². The van der Waals surface area contributed by atoms with E-state index in [1.165, 1.54) is 0 Å². The first-order valence-electron chi connectivity index (χ1n) is 4.79. The van der Waals surface area contributed by atoms with E-state index in [2.05, 4.69) is 18.8 Å². The van der Waals surface area contributed by atoms with Crippen molar-refractivity contribution in [3.63, 3.8) is 0 Å². The molecule has 14 heavy (non-hydrogen) atoms. The minimum absolute atomic E-state index is 0.377. The maximum Gasteiger partial charge on any atom is 0.101 e. The van der Waals surface area contributed by atoms with E-state index in [0.29, 0.717) is 12.6 Å². The van der Waals surface area contributed by atoms with E-state index in [1.807, 2.05) is 23.6 Å². The summed E-state index contributed by atoms with van der Waals surface area (Å²) in [5.74, 6) is 0. The van der Waals surface area contributed by atoms with Crippen molar-refractivity contribution in [3.8, 4) is 0 Å². The Morgan fingerprint density at radius 1 is 1.71 bits per heavy atom.